The van der Waals surface area contributed by atoms with Gasteiger partial charge in [0.15, 0.2) is 5.11 Å². The van der Waals surface area contributed by atoms with Crippen molar-refractivity contribution in [2.24, 2.45) is 0 Å². The fraction of sp³-hybridized carbons (Fsp3) is 0.360. The number of nitrogens with one attached hydrogen (secondary N) is 1. The van der Waals surface area contributed by atoms with Crippen LogP contribution >= 0.6 is 23.8 Å². The summed E-state index contributed by atoms with van der Waals surface area (Å²) in [4.78, 5) is 9.16. The summed E-state index contributed by atoms with van der Waals surface area (Å²) in [5.74, 6) is 0. The number of nitrogens with zero attached hydrogens (tertiary/aromatic N) is 4. The van der Waals surface area contributed by atoms with Crippen molar-refractivity contribution in [2.75, 3.05) is 27.2 Å². The van der Waals surface area contributed by atoms with Gasteiger partial charge in [-0.2, -0.15) is 0 Å². The normalized spacial score (nSPS) is 18.5. The average molecular weight is 468 g/mol. The molecule has 2 atom stereocenters. The van der Waals surface area contributed by atoms with Crippen LogP contribution in [-0.2, 0) is 0 Å². The Balaban J connectivity index is 1.83. The summed E-state index contributed by atoms with van der Waals surface area (Å²) in [5.41, 5.74) is 6.92. The van der Waals surface area contributed by atoms with Crippen molar-refractivity contribution in [1.29, 1.82) is 0 Å². The van der Waals surface area contributed by atoms with Crippen LogP contribution in [0, 0.1) is 20.8 Å². The maximum atomic E-state index is 6.36. The zero-order valence-corrected chi connectivity index (χ0v) is 20.8. The first-order valence-corrected chi connectivity index (χ1v) is 11.6. The molecule has 3 heterocycles. The van der Waals surface area contributed by atoms with Crippen molar-refractivity contribution in [3.8, 4) is 5.69 Å². The number of pyridine rings is 1. The Bertz CT molecular complexity index is 1120. The van der Waals surface area contributed by atoms with Crippen molar-refractivity contribution < 1.29 is 0 Å². The van der Waals surface area contributed by atoms with E-state index >= 15 is 0 Å². The Hall–Kier alpha value is -2.41. The smallest absolute Gasteiger partial charge is 0.170 e. The summed E-state index contributed by atoms with van der Waals surface area (Å²) < 4.78 is 2.30. The van der Waals surface area contributed by atoms with Gasteiger partial charge in [0.2, 0.25) is 0 Å². The third-order valence-electron chi connectivity index (χ3n) is 6.19. The van der Waals surface area contributed by atoms with Gasteiger partial charge in [0.1, 0.15) is 0 Å². The number of halogens is 1. The summed E-state index contributed by atoms with van der Waals surface area (Å²) in [5, 5.41) is 5.07. The first-order chi connectivity index (χ1) is 15.3. The average Bonchev–Trinajstić information content (AvgIpc) is 3.24. The van der Waals surface area contributed by atoms with Gasteiger partial charge < -0.3 is 19.7 Å². The predicted molar refractivity (Wildman–Crippen MR) is 136 cm³/mol. The van der Waals surface area contributed by atoms with Crippen LogP contribution in [0.15, 0.2) is 48.7 Å². The highest BCUT2D eigenvalue weighted by Crippen LogP contribution is 2.41. The molecule has 0 bridgehead atoms. The molecule has 32 heavy (non-hydrogen) atoms. The van der Waals surface area contributed by atoms with E-state index in [9.17, 15) is 0 Å². The molecule has 0 radical (unpaired) electrons. The summed E-state index contributed by atoms with van der Waals surface area (Å²) in [7, 11) is 4.18. The number of aromatic nitrogens is 2. The van der Waals surface area contributed by atoms with Crippen molar-refractivity contribution in [3.63, 3.8) is 0 Å². The molecule has 1 aliphatic heterocycles. The van der Waals surface area contributed by atoms with Crippen LogP contribution in [0.2, 0.25) is 5.02 Å². The van der Waals surface area contributed by atoms with Gasteiger partial charge in [-0.05, 0) is 88.5 Å². The molecular formula is C25H30ClN5S. The van der Waals surface area contributed by atoms with Crippen LogP contribution in [0.5, 0.6) is 0 Å². The van der Waals surface area contributed by atoms with Crippen LogP contribution in [0.3, 0.4) is 0 Å². The van der Waals surface area contributed by atoms with E-state index in [4.69, 9.17) is 23.8 Å². The molecule has 5 nitrogen and oxygen atoms in total. The highest BCUT2D eigenvalue weighted by atomic mass is 35.5. The monoisotopic (exact) mass is 467 g/mol. The fourth-order valence-corrected chi connectivity index (χ4v) is 5.07. The molecule has 2 aromatic heterocycles. The minimum atomic E-state index is -0.0136. The number of hydrogen-bond acceptors (Lipinski definition) is 3. The Labute approximate surface area is 201 Å². The lowest BCUT2D eigenvalue weighted by atomic mass is 9.96. The minimum absolute atomic E-state index is 0.0136. The molecule has 3 aromatic rings. The third kappa shape index (κ3) is 4.27. The van der Waals surface area contributed by atoms with Gasteiger partial charge in [-0.15, -0.1) is 0 Å². The first-order valence-electron chi connectivity index (χ1n) is 10.9. The fourth-order valence-electron chi connectivity index (χ4n) is 4.57. The molecule has 1 aliphatic rings. The van der Waals surface area contributed by atoms with Crippen molar-refractivity contribution >= 4 is 28.9 Å². The summed E-state index contributed by atoms with van der Waals surface area (Å²) >= 11 is 12.2. The quantitative estimate of drug-likeness (QED) is 0.517. The topological polar surface area (TPSA) is 36.3 Å². The zero-order chi connectivity index (χ0) is 23.0. The molecule has 0 spiro atoms. The largest absolute Gasteiger partial charge is 0.352 e. The lowest BCUT2D eigenvalue weighted by molar-refractivity contribution is 0.277. The Morgan fingerprint density at radius 2 is 1.91 bits per heavy atom. The molecule has 4 rings (SSSR count). The van der Waals surface area contributed by atoms with E-state index in [-0.39, 0.29) is 12.1 Å². The summed E-state index contributed by atoms with van der Waals surface area (Å²) in [6.45, 7) is 8.21. The number of aryl methyl sites for hydroxylation is 2. The molecule has 0 unspecified atom stereocenters. The number of benzene rings is 1. The zero-order valence-electron chi connectivity index (χ0n) is 19.3. The Kier molecular flexibility index (Phi) is 6.56. The van der Waals surface area contributed by atoms with Gasteiger partial charge in [0.05, 0.1) is 17.8 Å². The predicted octanol–water partition coefficient (Wildman–Crippen LogP) is 4.99. The van der Waals surface area contributed by atoms with E-state index in [1.807, 2.05) is 30.5 Å². The Morgan fingerprint density at radius 1 is 1.12 bits per heavy atom. The third-order valence-corrected chi connectivity index (χ3v) is 6.77. The number of likely N-dealkylation sites (N-methyl/N-ethyl adjacent to an activating group) is 1. The summed E-state index contributed by atoms with van der Waals surface area (Å²) in [6.07, 6.45) is 1.85. The van der Waals surface area contributed by atoms with Gasteiger partial charge in [-0.25, -0.2) is 0 Å². The highest BCUT2D eigenvalue weighted by molar-refractivity contribution is 7.80. The molecule has 0 amide bonds. The molecule has 1 fully saturated rings. The van der Waals surface area contributed by atoms with Crippen LogP contribution < -0.4 is 5.32 Å². The SMILES string of the molecule is Cc1ccc(Cl)cc1-n1c(C)cc([C@H]2[C@@H](c3ccccn3)NC(=S)N2CCN(C)C)c1C. The van der Waals surface area contributed by atoms with Crippen LogP contribution in [0.1, 0.15) is 40.3 Å². The van der Waals surface area contributed by atoms with Gasteiger partial charge >= 0.3 is 0 Å². The van der Waals surface area contributed by atoms with Crippen molar-refractivity contribution in [2.45, 2.75) is 32.9 Å². The first kappa shape index (κ1) is 22.8. The van der Waals surface area contributed by atoms with E-state index in [0.29, 0.717) is 0 Å². The number of thiocarbonyl (C=S) groups is 1. The number of rotatable bonds is 6. The van der Waals surface area contributed by atoms with Gasteiger partial charge in [0.25, 0.3) is 0 Å². The molecular weight excluding hydrogens is 438 g/mol. The van der Waals surface area contributed by atoms with Gasteiger partial charge in [0, 0.05) is 41.4 Å². The second kappa shape index (κ2) is 9.22. The second-order valence-electron chi connectivity index (χ2n) is 8.72. The minimum Gasteiger partial charge on any atom is -0.352 e. The molecule has 168 valence electrons. The second-order valence-corrected chi connectivity index (χ2v) is 9.54. The van der Waals surface area contributed by atoms with E-state index in [1.54, 1.807) is 0 Å². The van der Waals surface area contributed by atoms with E-state index in [2.05, 4.69) is 77.7 Å². The van der Waals surface area contributed by atoms with E-state index in [0.717, 1.165) is 34.6 Å². The molecule has 0 saturated carbocycles. The lowest BCUT2D eigenvalue weighted by Gasteiger charge is -2.29. The van der Waals surface area contributed by atoms with Crippen LogP contribution in [-0.4, -0.2) is 51.6 Å². The van der Waals surface area contributed by atoms with Crippen molar-refractivity contribution in [3.05, 3.63) is 81.9 Å². The molecule has 1 aromatic carbocycles. The van der Waals surface area contributed by atoms with E-state index < -0.39 is 0 Å². The van der Waals surface area contributed by atoms with Crippen molar-refractivity contribution in [1.82, 2.24) is 24.7 Å². The maximum Gasteiger partial charge on any atom is 0.170 e. The summed E-state index contributed by atoms with van der Waals surface area (Å²) in [6, 6.07) is 14.4. The molecule has 1 saturated heterocycles. The van der Waals surface area contributed by atoms with Gasteiger partial charge in [-0.3, -0.25) is 4.98 Å². The standard InChI is InChI=1S/C25H30ClN5S/c1-16-9-10-19(26)15-22(16)31-17(2)14-20(18(31)3)24-23(21-8-6-7-11-27-21)28-25(32)30(24)13-12-29(4)5/h6-11,14-15,23-24H,12-13H2,1-5H3,(H,28,32)/t23-,24+/m1/s1. The lowest BCUT2D eigenvalue weighted by Crippen LogP contribution is -2.35. The molecule has 7 heteroatoms. The Morgan fingerprint density at radius 3 is 2.59 bits per heavy atom. The molecule has 1 N–H and O–H groups in total. The highest BCUT2D eigenvalue weighted by Gasteiger charge is 2.41. The van der Waals surface area contributed by atoms with Crippen LogP contribution in [0.4, 0.5) is 0 Å². The van der Waals surface area contributed by atoms with E-state index in [1.165, 1.54) is 22.5 Å². The maximum absolute atomic E-state index is 6.36. The van der Waals surface area contributed by atoms with Gasteiger partial charge in [-0.1, -0.05) is 23.7 Å². The van der Waals surface area contributed by atoms with Crippen LogP contribution in [0.25, 0.3) is 5.69 Å². The molecule has 0 aliphatic carbocycles. The number of hydrogen-bond donors (Lipinski definition) is 1.